The summed E-state index contributed by atoms with van der Waals surface area (Å²) in [5.41, 5.74) is 2.96. The van der Waals surface area contributed by atoms with Crippen LogP contribution in [-0.4, -0.2) is 23.7 Å². The molecule has 0 aliphatic heterocycles. The predicted molar refractivity (Wildman–Crippen MR) is 125 cm³/mol. The molecule has 0 amide bonds. The number of ether oxygens (including phenoxy) is 2. The first-order valence-corrected chi connectivity index (χ1v) is 10.8. The minimum Gasteiger partial charge on any atom is -0.495 e. The molecule has 0 radical (unpaired) electrons. The largest absolute Gasteiger partial charge is 0.495 e. The molecule has 7 heteroatoms. The molecule has 0 fully saturated rings. The first-order chi connectivity index (χ1) is 14.5. The van der Waals surface area contributed by atoms with E-state index in [9.17, 15) is 0 Å². The molecule has 4 rings (SSSR count). The molecule has 154 valence electrons. The van der Waals surface area contributed by atoms with Gasteiger partial charge in [-0.2, -0.15) is 0 Å². The molecule has 0 unspecified atom stereocenters. The Balaban J connectivity index is 1.87. The van der Waals surface area contributed by atoms with Crippen molar-refractivity contribution in [2.75, 3.05) is 19.0 Å². The average Bonchev–Trinajstić information content (AvgIpc) is 3.05. The molecule has 0 bridgehead atoms. The SMILES string of the molecule is CCOc1ccc(-c2c(C)sc3nc(C)nc(Nc4cc(Cl)ccc4OC)c23)cc1. The van der Waals surface area contributed by atoms with E-state index in [-0.39, 0.29) is 0 Å². The number of hydrogen-bond donors (Lipinski definition) is 1. The van der Waals surface area contributed by atoms with E-state index in [1.54, 1.807) is 24.5 Å². The molecule has 0 spiro atoms. The second-order valence-corrected chi connectivity index (χ2v) is 8.40. The van der Waals surface area contributed by atoms with Crippen LogP contribution in [0.25, 0.3) is 21.3 Å². The lowest BCUT2D eigenvalue weighted by atomic mass is 10.0. The van der Waals surface area contributed by atoms with Gasteiger partial charge in [0.1, 0.15) is 28.0 Å². The molecule has 0 saturated heterocycles. The van der Waals surface area contributed by atoms with Gasteiger partial charge < -0.3 is 14.8 Å². The summed E-state index contributed by atoms with van der Waals surface area (Å²) >= 11 is 7.88. The molecular formula is C23H22ClN3O2S. The van der Waals surface area contributed by atoms with E-state index in [2.05, 4.69) is 29.4 Å². The third-order valence-corrected chi connectivity index (χ3v) is 5.94. The van der Waals surface area contributed by atoms with Crippen LogP contribution >= 0.6 is 22.9 Å². The highest BCUT2D eigenvalue weighted by Gasteiger charge is 2.19. The summed E-state index contributed by atoms with van der Waals surface area (Å²) in [6.07, 6.45) is 0. The smallest absolute Gasteiger partial charge is 0.143 e. The minimum atomic E-state index is 0.619. The van der Waals surface area contributed by atoms with Gasteiger partial charge in [-0.15, -0.1) is 11.3 Å². The van der Waals surface area contributed by atoms with Crippen LogP contribution in [0.1, 0.15) is 17.6 Å². The zero-order valence-electron chi connectivity index (χ0n) is 17.2. The van der Waals surface area contributed by atoms with Gasteiger partial charge in [-0.25, -0.2) is 9.97 Å². The van der Waals surface area contributed by atoms with Gasteiger partial charge in [0.2, 0.25) is 0 Å². The van der Waals surface area contributed by atoms with Crippen LogP contribution in [0.15, 0.2) is 42.5 Å². The van der Waals surface area contributed by atoms with Crippen molar-refractivity contribution in [2.24, 2.45) is 0 Å². The second kappa shape index (κ2) is 8.50. The van der Waals surface area contributed by atoms with Crippen molar-refractivity contribution < 1.29 is 9.47 Å². The quantitative estimate of drug-likeness (QED) is 0.359. The standard InChI is InChI=1S/C23H22ClN3O2S/c1-5-29-17-9-6-15(7-10-17)20-13(2)30-23-21(20)22(25-14(3)26-23)27-18-12-16(24)8-11-19(18)28-4/h6-12H,5H2,1-4H3,(H,25,26,27). The number of thiophene rings is 1. The van der Waals surface area contributed by atoms with Gasteiger partial charge in [0.05, 0.1) is 24.8 Å². The molecule has 0 atom stereocenters. The number of benzene rings is 2. The van der Waals surface area contributed by atoms with Crippen molar-refractivity contribution >= 4 is 44.7 Å². The Kier molecular flexibility index (Phi) is 5.79. The summed E-state index contributed by atoms with van der Waals surface area (Å²) in [5.74, 6) is 2.97. The molecule has 5 nitrogen and oxygen atoms in total. The van der Waals surface area contributed by atoms with Gasteiger partial charge in [-0.1, -0.05) is 23.7 Å². The number of nitrogens with zero attached hydrogens (tertiary/aromatic N) is 2. The van der Waals surface area contributed by atoms with Crippen LogP contribution in [0.5, 0.6) is 11.5 Å². The molecule has 2 heterocycles. The summed E-state index contributed by atoms with van der Waals surface area (Å²) in [7, 11) is 1.63. The van der Waals surface area contributed by atoms with Gasteiger partial charge in [0.15, 0.2) is 0 Å². The van der Waals surface area contributed by atoms with E-state index in [0.717, 1.165) is 38.6 Å². The third kappa shape index (κ3) is 3.93. The zero-order chi connectivity index (χ0) is 21.3. The summed E-state index contributed by atoms with van der Waals surface area (Å²) < 4.78 is 11.1. The van der Waals surface area contributed by atoms with Crippen LogP contribution in [0.4, 0.5) is 11.5 Å². The monoisotopic (exact) mass is 439 g/mol. The highest BCUT2D eigenvalue weighted by molar-refractivity contribution is 7.19. The van der Waals surface area contributed by atoms with Crippen LogP contribution < -0.4 is 14.8 Å². The van der Waals surface area contributed by atoms with Crippen molar-refractivity contribution in [3.63, 3.8) is 0 Å². The van der Waals surface area contributed by atoms with Crippen molar-refractivity contribution in [1.82, 2.24) is 9.97 Å². The maximum absolute atomic E-state index is 6.22. The molecule has 4 aromatic rings. The van der Waals surface area contributed by atoms with E-state index in [1.807, 2.05) is 38.1 Å². The average molecular weight is 440 g/mol. The second-order valence-electron chi connectivity index (χ2n) is 6.76. The fraction of sp³-hybridized carbons (Fsp3) is 0.217. The molecule has 2 aromatic carbocycles. The van der Waals surface area contributed by atoms with E-state index in [4.69, 9.17) is 26.1 Å². The first-order valence-electron chi connectivity index (χ1n) is 9.61. The van der Waals surface area contributed by atoms with Gasteiger partial charge >= 0.3 is 0 Å². The number of methoxy groups -OCH3 is 1. The molecular weight excluding hydrogens is 418 g/mol. The van der Waals surface area contributed by atoms with Crippen molar-refractivity contribution in [3.8, 4) is 22.6 Å². The van der Waals surface area contributed by atoms with Crippen molar-refractivity contribution in [1.29, 1.82) is 0 Å². The summed E-state index contributed by atoms with van der Waals surface area (Å²) in [4.78, 5) is 11.5. The zero-order valence-corrected chi connectivity index (χ0v) is 18.8. The Morgan fingerprint density at radius 3 is 2.53 bits per heavy atom. The Labute approximate surface area is 184 Å². The number of aryl methyl sites for hydroxylation is 2. The van der Waals surface area contributed by atoms with Gasteiger partial charge in [-0.05, 0) is 56.7 Å². The van der Waals surface area contributed by atoms with Gasteiger partial charge in [-0.3, -0.25) is 0 Å². The Hall–Kier alpha value is -2.83. The number of rotatable bonds is 6. The van der Waals surface area contributed by atoms with Crippen LogP contribution in [0.2, 0.25) is 5.02 Å². The highest BCUT2D eigenvalue weighted by atomic mass is 35.5. The number of aromatic nitrogens is 2. The Morgan fingerprint density at radius 2 is 1.83 bits per heavy atom. The normalized spacial score (nSPS) is 11.0. The Morgan fingerprint density at radius 1 is 1.07 bits per heavy atom. The lowest BCUT2D eigenvalue weighted by molar-refractivity contribution is 0.340. The number of fused-ring (bicyclic) bond motifs is 1. The molecule has 0 saturated carbocycles. The number of nitrogens with one attached hydrogen (secondary N) is 1. The molecule has 0 aliphatic carbocycles. The number of halogens is 1. The van der Waals surface area contributed by atoms with Crippen molar-refractivity contribution in [2.45, 2.75) is 20.8 Å². The van der Waals surface area contributed by atoms with Crippen LogP contribution in [0.3, 0.4) is 0 Å². The summed E-state index contributed by atoms with van der Waals surface area (Å²) in [6.45, 7) is 6.62. The van der Waals surface area contributed by atoms with E-state index in [1.165, 1.54) is 4.88 Å². The molecule has 30 heavy (non-hydrogen) atoms. The highest BCUT2D eigenvalue weighted by Crippen LogP contribution is 2.42. The minimum absolute atomic E-state index is 0.619. The summed E-state index contributed by atoms with van der Waals surface area (Å²) in [6, 6.07) is 13.6. The third-order valence-electron chi connectivity index (χ3n) is 4.71. The maximum atomic E-state index is 6.22. The molecule has 0 aliphatic rings. The summed E-state index contributed by atoms with van der Waals surface area (Å²) in [5, 5.41) is 5.02. The van der Waals surface area contributed by atoms with Crippen LogP contribution in [0, 0.1) is 13.8 Å². The van der Waals surface area contributed by atoms with Crippen molar-refractivity contribution in [3.05, 3.63) is 58.2 Å². The predicted octanol–water partition coefficient (Wildman–Crippen LogP) is 6.78. The van der Waals surface area contributed by atoms with E-state index < -0.39 is 0 Å². The maximum Gasteiger partial charge on any atom is 0.143 e. The van der Waals surface area contributed by atoms with Crippen LogP contribution in [-0.2, 0) is 0 Å². The Bertz CT molecular complexity index is 1210. The van der Waals surface area contributed by atoms with Gasteiger partial charge in [0, 0.05) is 15.5 Å². The number of hydrogen-bond acceptors (Lipinski definition) is 6. The fourth-order valence-corrected chi connectivity index (χ4v) is 4.71. The topological polar surface area (TPSA) is 56.3 Å². The molecule has 1 N–H and O–H groups in total. The molecule has 2 aromatic heterocycles. The first kappa shape index (κ1) is 20.4. The lowest BCUT2D eigenvalue weighted by Crippen LogP contribution is -2.00. The fourth-order valence-electron chi connectivity index (χ4n) is 3.45. The van der Waals surface area contributed by atoms with E-state index >= 15 is 0 Å². The van der Waals surface area contributed by atoms with Gasteiger partial charge in [0.25, 0.3) is 0 Å². The number of anilines is 2. The lowest BCUT2D eigenvalue weighted by Gasteiger charge is -2.13. The van der Waals surface area contributed by atoms with E-state index in [0.29, 0.717) is 23.2 Å².